The van der Waals surface area contributed by atoms with Crippen LogP contribution in [0.3, 0.4) is 0 Å². The van der Waals surface area contributed by atoms with Crippen LogP contribution in [0.2, 0.25) is 0 Å². The molecule has 1 amide bonds. The molecule has 0 unspecified atom stereocenters. The molecule has 0 bridgehead atoms. The first kappa shape index (κ1) is 30.8. The first-order valence-corrected chi connectivity index (χ1v) is 15.7. The number of benzene rings is 2. The minimum absolute atomic E-state index is 0.0257. The van der Waals surface area contributed by atoms with Crippen LogP contribution in [-0.4, -0.2) is 43.7 Å². The second kappa shape index (κ2) is 12.4. The van der Waals surface area contributed by atoms with Crippen molar-refractivity contribution in [2.45, 2.75) is 75.4 Å². The number of amides is 1. The molecule has 1 fully saturated rings. The molecule has 0 aliphatic heterocycles. The van der Waals surface area contributed by atoms with Gasteiger partial charge in [0.2, 0.25) is 5.13 Å². The number of nitrogens with zero attached hydrogens (tertiary/aromatic N) is 3. The molecule has 1 aliphatic rings. The fraction of sp³-hybridized carbons (Fsp3) is 0.464. The van der Waals surface area contributed by atoms with Gasteiger partial charge in [0.1, 0.15) is 11.3 Å². The van der Waals surface area contributed by atoms with Crippen LogP contribution in [0.4, 0.5) is 18.3 Å². The van der Waals surface area contributed by atoms with E-state index in [0.717, 1.165) is 67.2 Å². The van der Waals surface area contributed by atoms with E-state index >= 15 is 0 Å². The largest absolute Gasteiger partial charge is 0.493 e. The van der Waals surface area contributed by atoms with Gasteiger partial charge >= 0.3 is 6.18 Å². The van der Waals surface area contributed by atoms with Gasteiger partial charge in [0, 0.05) is 18.0 Å². The highest BCUT2D eigenvalue weighted by Crippen LogP contribution is 2.40. The summed E-state index contributed by atoms with van der Waals surface area (Å²) in [6.07, 6.45) is -0.116. The molecule has 3 aromatic rings. The maximum atomic E-state index is 13.5. The number of aromatic nitrogens is 2. The molecule has 1 heterocycles. The van der Waals surface area contributed by atoms with E-state index in [-0.39, 0.29) is 40.5 Å². The Morgan fingerprint density at radius 2 is 1.80 bits per heavy atom. The number of alkyl halides is 3. The van der Waals surface area contributed by atoms with Gasteiger partial charge in [-0.25, -0.2) is 12.7 Å². The van der Waals surface area contributed by atoms with Crippen LogP contribution >= 0.6 is 11.3 Å². The average Bonchev–Trinajstić information content (AvgIpc) is 3.45. The van der Waals surface area contributed by atoms with Crippen LogP contribution in [0.1, 0.15) is 74.4 Å². The van der Waals surface area contributed by atoms with Crippen molar-refractivity contribution in [1.29, 1.82) is 0 Å². The molecule has 0 spiro atoms. The summed E-state index contributed by atoms with van der Waals surface area (Å²) in [5, 5.41) is 10.9. The molecular weight excluding hydrogens is 577 g/mol. The predicted octanol–water partition coefficient (Wildman–Crippen LogP) is 6.19. The van der Waals surface area contributed by atoms with E-state index in [2.05, 4.69) is 15.5 Å². The van der Waals surface area contributed by atoms with E-state index in [1.807, 2.05) is 0 Å². The fourth-order valence-corrected chi connectivity index (χ4v) is 7.79. The van der Waals surface area contributed by atoms with Crippen LogP contribution in [0.15, 0.2) is 52.9 Å². The second-order valence-electron chi connectivity index (χ2n) is 10.3. The predicted molar refractivity (Wildman–Crippen MR) is 151 cm³/mol. The fourth-order valence-electron chi connectivity index (χ4n) is 5.26. The lowest BCUT2D eigenvalue weighted by atomic mass is 9.69. The molecule has 1 N–H and O–H groups in total. The molecule has 0 atom stereocenters. The summed E-state index contributed by atoms with van der Waals surface area (Å²) in [5.74, 6) is -0.659. The average molecular weight is 611 g/mol. The van der Waals surface area contributed by atoms with Crippen LogP contribution in [0.5, 0.6) is 5.75 Å². The van der Waals surface area contributed by atoms with E-state index in [1.54, 1.807) is 45.0 Å². The molecule has 41 heavy (non-hydrogen) atoms. The molecule has 4 rings (SSSR count). The summed E-state index contributed by atoms with van der Waals surface area (Å²) in [4.78, 5) is 13.3. The third-order valence-corrected chi connectivity index (χ3v) is 10.1. The molecule has 1 aromatic heterocycles. The molecule has 0 radical (unpaired) electrons. The topological polar surface area (TPSA) is 101 Å². The smallest absolute Gasteiger partial charge is 0.416 e. The van der Waals surface area contributed by atoms with Crippen LogP contribution in [0.25, 0.3) is 0 Å². The number of ether oxygens (including phenoxy) is 1. The Balaban J connectivity index is 1.59. The SMILES string of the molecule is CCOc1cc(C(F)(F)F)ccc1C(=O)NCC1(c2ccc(S(=O)(=O)N(c3nncs3)C(C)C)cc2)CCCCC1. The van der Waals surface area contributed by atoms with Gasteiger partial charge in [-0.1, -0.05) is 42.7 Å². The second-order valence-corrected chi connectivity index (χ2v) is 12.9. The van der Waals surface area contributed by atoms with Crippen molar-refractivity contribution in [2.75, 3.05) is 17.5 Å². The number of sulfonamides is 1. The Bertz CT molecular complexity index is 1440. The van der Waals surface area contributed by atoms with Crippen molar-refractivity contribution in [1.82, 2.24) is 15.5 Å². The molecular formula is C28H33F3N4O4S2. The number of rotatable bonds is 10. The van der Waals surface area contributed by atoms with E-state index in [9.17, 15) is 26.4 Å². The maximum absolute atomic E-state index is 13.5. The zero-order chi connectivity index (χ0) is 29.8. The van der Waals surface area contributed by atoms with Crippen LogP contribution in [-0.2, 0) is 21.6 Å². The number of halogens is 3. The molecule has 8 nitrogen and oxygen atoms in total. The molecule has 1 saturated carbocycles. The Labute approximate surface area is 242 Å². The Morgan fingerprint density at radius 3 is 2.37 bits per heavy atom. The number of nitrogens with one attached hydrogen (secondary N) is 1. The Morgan fingerprint density at radius 1 is 1.12 bits per heavy atom. The van der Waals surface area contributed by atoms with Gasteiger partial charge in [0.15, 0.2) is 0 Å². The van der Waals surface area contributed by atoms with Crippen molar-refractivity contribution >= 4 is 32.4 Å². The summed E-state index contributed by atoms with van der Waals surface area (Å²) in [6, 6.07) is 9.18. The molecule has 0 saturated heterocycles. The van der Waals surface area contributed by atoms with E-state index in [0.29, 0.717) is 0 Å². The third-order valence-electron chi connectivity index (χ3n) is 7.28. The van der Waals surface area contributed by atoms with Gasteiger partial charge in [-0.05, 0) is 69.5 Å². The van der Waals surface area contributed by atoms with Crippen molar-refractivity contribution < 1.29 is 31.1 Å². The van der Waals surface area contributed by atoms with Gasteiger partial charge < -0.3 is 10.1 Å². The first-order valence-electron chi connectivity index (χ1n) is 13.4. The summed E-state index contributed by atoms with van der Waals surface area (Å²) in [7, 11) is -3.90. The van der Waals surface area contributed by atoms with E-state index in [4.69, 9.17) is 4.74 Å². The van der Waals surface area contributed by atoms with Crippen molar-refractivity contribution in [3.05, 3.63) is 64.7 Å². The summed E-state index contributed by atoms with van der Waals surface area (Å²) in [6.45, 7) is 5.51. The normalized spacial score (nSPS) is 15.5. The van der Waals surface area contributed by atoms with Gasteiger partial charge in [-0.3, -0.25) is 4.79 Å². The first-order chi connectivity index (χ1) is 19.4. The van der Waals surface area contributed by atoms with Gasteiger partial charge in [0.05, 0.1) is 22.6 Å². The van der Waals surface area contributed by atoms with E-state index in [1.165, 1.54) is 9.82 Å². The number of anilines is 1. The highest BCUT2D eigenvalue weighted by Gasteiger charge is 2.36. The zero-order valence-corrected chi connectivity index (χ0v) is 24.7. The third kappa shape index (κ3) is 6.66. The number of hydrogen-bond donors (Lipinski definition) is 1. The van der Waals surface area contributed by atoms with E-state index < -0.39 is 33.1 Å². The van der Waals surface area contributed by atoms with Gasteiger partial charge in [0.25, 0.3) is 15.9 Å². The van der Waals surface area contributed by atoms with Crippen molar-refractivity contribution in [3.8, 4) is 5.75 Å². The van der Waals surface area contributed by atoms with Crippen LogP contribution in [0, 0.1) is 0 Å². The lowest BCUT2D eigenvalue weighted by molar-refractivity contribution is -0.137. The van der Waals surface area contributed by atoms with Gasteiger partial charge in [-0.2, -0.15) is 13.2 Å². The highest BCUT2D eigenvalue weighted by molar-refractivity contribution is 7.93. The number of carbonyl (C=O) groups is 1. The highest BCUT2D eigenvalue weighted by atomic mass is 32.2. The number of carbonyl (C=O) groups excluding carboxylic acids is 1. The lowest BCUT2D eigenvalue weighted by Crippen LogP contribution is -2.42. The lowest BCUT2D eigenvalue weighted by Gasteiger charge is -2.38. The Kier molecular flexibility index (Phi) is 9.27. The zero-order valence-electron chi connectivity index (χ0n) is 23.1. The number of hydrogen-bond acceptors (Lipinski definition) is 7. The summed E-state index contributed by atoms with van der Waals surface area (Å²) < 4.78 is 73.3. The monoisotopic (exact) mass is 610 g/mol. The minimum Gasteiger partial charge on any atom is -0.493 e. The standard InChI is InChI=1S/C28H33F3N4O4S2/c1-4-39-24-16-21(28(29,30)31)10-13-23(24)25(36)32-17-27(14-6-5-7-15-27)20-8-11-22(12-9-20)41(37,38)35(19(2)3)26-34-33-18-40-26/h8-13,16,18-19H,4-7,14-15,17H2,1-3H3,(H,32,36). The summed E-state index contributed by atoms with van der Waals surface area (Å²) >= 11 is 1.14. The van der Waals surface area contributed by atoms with Gasteiger partial charge in [-0.15, -0.1) is 10.2 Å². The molecule has 2 aromatic carbocycles. The van der Waals surface area contributed by atoms with Crippen LogP contribution < -0.4 is 14.4 Å². The van der Waals surface area contributed by atoms with Crippen molar-refractivity contribution in [3.63, 3.8) is 0 Å². The van der Waals surface area contributed by atoms with Crippen molar-refractivity contribution in [2.24, 2.45) is 0 Å². The Hall–Kier alpha value is -3.19. The molecule has 13 heteroatoms. The minimum atomic E-state index is -4.56. The molecule has 222 valence electrons. The molecule has 1 aliphatic carbocycles. The maximum Gasteiger partial charge on any atom is 0.416 e. The summed E-state index contributed by atoms with van der Waals surface area (Å²) in [5.41, 5.74) is 1.05. The quantitative estimate of drug-likeness (QED) is 0.294.